The molecule has 0 aliphatic rings. The van der Waals surface area contributed by atoms with Gasteiger partial charge in [0.2, 0.25) is 5.88 Å². The third kappa shape index (κ3) is 3.91. The molecule has 0 fully saturated rings. The maximum Gasteiger partial charge on any atom is 0.218 e. The molecular formula is C12H18N4O. The minimum atomic E-state index is -0.0274. The average molecular weight is 234 g/mol. The Hall–Kier alpha value is -1.83. The van der Waals surface area contributed by atoms with Crippen molar-refractivity contribution in [1.29, 1.82) is 5.26 Å². The fraction of sp³-hybridized carbons (Fsp3) is 0.583. The second-order valence-electron chi connectivity index (χ2n) is 3.72. The van der Waals surface area contributed by atoms with Crippen LogP contribution in [0.2, 0.25) is 0 Å². The molecule has 0 aromatic carbocycles. The van der Waals surface area contributed by atoms with Crippen molar-refractivity contribution in [1.82, 2.24) is 9.97 Å². The maximum absolute atomic E-state index is 8.83. The summed E-state index contributed by atoms with van der Waals surface area (Å²) < 4.78 is 5.33. The Kier molecular flexibility index (Phi) is 5.21. The molecule has 17 heavy (non-hydrogen) atoms. The highest BCUT2D eigenvalue weighted by Gasteiger charge is 2.11. The van der Waals surface area contributed by atoms with E-state index in [1.165, 1.54) is 6.33 Å². The molecule has 0 aliphatic heterocycles. The van der Waals surface area contributed by atoms with E-state index in [4.69, 9.17) is 10.00 Å². The Morgan fingerprint density at radius 2 is 2.24 bits per heavy atom. The Morgan fingerprint density at radius 1 is 1.47 bits per heavy atom. The normalized spacial score (nSPS) is 11.6. The van der Waals surface area contributed by atoms with Gasteiger partial charge in [0.15, 0.2) is 0 Å². The van der Waals surface area contributed by atoms with Gasteiger partial charge < -0.3 is 9.64 Å². The first-order valence-corrected chi connectivity index (χ1v) is 5.80. The predicted octanol–water partition coefficient (Wildman–Crippen LogP) is 1.86. The minimum Gasteiger partial charge on any atom is -0.478 e. The van der Waals surface area contributed by atoms with Gasteiger partial charge in [-0.05, 0) is 20.8 Å². The van der Waals surface area contributed by atoms with Crippen molar-refractivity contribution < 1.29 is 4.74 Å². The van der Waals surface area contributed by atoms with Gasteiger partial charge in [-0.3, -0.25) is 0 Å². The van der Waals surface area contributed by atoms with Gasteiger partial charge in [-0.15, -0.1) is 0 Å². The van der Waals surface area contributed by atoms with Crippen LogP contribution in [0.3, 0.4) is 0 Å². The molecule has 5 heteroatoms. The monoisotopic (exact) mass is 234 g/mol. The average Bonchev–Trinajstić information content (AvgIpc) is 2.36. The predicted molar refractivity (Wildman–Crippen MR) is 65.9 cm³/mol. The fourth-order valence-corrected chi connectivity index (χ4v) is 1.49. The fourth-order valence-electron chi connectivity index (χ4n) is 1.49. The summed E-state index contributed by atoms with van der Waals surface area (Å²) in [6, 6.07) is 4.03. The Bertz CT molecular complexity index is 388. The molecule has 5 nitrogen and oxygen atoms in total. The smallest absolute Gasteiger partial charge is 0.218 e. The van der Waals surface area contributed by atoms with E-state index in [-0.39, 0.29) is 5.92 Å². The van der Waals surface area contributed by atoms with Crippen molar-refractivity contribution in [3.63, 3.8) is 0 Å². The van der Waals surface area contributed by atoms with Gasteiger partial charge in [0.1, 0.15) is 12.1 Å². The standard InChI is InChI=1S/C12H18N4O/c1-4-16(8-10(3)7-13)11-6-12(17-5-2)15-9-14-11/h6,9-10H,4-5,8H2,1-3H3. The van der Waals surface area contributed by atoms with E-state index in [0.29, 0.717) is 19.0 Å². The topological polar surface area (TPSA) is 62.0 Å². The van der Waals surface area contributed by atoms with Crippen LogP contribution in [0, 0.1) is 17.2 Å². The van der Waals surface area contributed by atoms with Crippen LogP contribution in [0.1, 0.15) is 20.8 Å². The molecule has 0 aliphatic carbocycles. The lowest BCUT2D eigenvalue weighted by molar-refractivity contribution is 0.326. The highest BCUT2D eigenvalue weighted by atomic mass is 16.5. The quantitative estimate of drug-likeness (QED) is 0.751. The van der Waals surface area contributed by atoms with E-state index in [2.05, 4.69) is 16.0 Å². The first-order chi connectivity index (χ1) is 8.21. The maximum atomic E-state index is 8.83. The Balaban J connectivity index is 2.81. The molecule has 0 saturated carbocycles. The van der Waals surface area contributed by atoms with Gasteiger partial charge in [-0.1, -0.05) is 0 Å². The van der Waals surface area contributed by atoms with Gasteiger partial charge in [0, 0.05) is 19.2 Å². The van der Waals surface area contributed by atoms with Crippen LogP contribution in [0.5, 0.6) is 5.88 Å². The number of hydrogen-bond acceptors (Lipinski definition) is 5. The highest BCUT2D eigenvalue weighted by molar-refractivity contribution is 5.40. The number of nitriles is 1. The Morgan fingerprint density at radius 3 is 2.82 bits per heavy atom. The van der Waals surface area contributed by atoms with E-state index in [1.54, 1.807) is 6.07 Å². The van der Waals surface area contributed by atoms with Crippen LogP contribution in [-0.2, 0) is 0 Å². The molecule has 1 atom stereocenters. The summed E-state index contributed by atoms with van der Waals surface area (Å²) in [4.78, 5) is 10.3. The van der Waals surface area contributed by atoms with Crippen molar-refractivity contribution in [2.45, 2.75) is 20.8 Å². The zero-order valence-corrected chi connectivity index (χ0v) is 10.6. The SMILES string of the molecule is CCOc1cc(N(CC)CC(C)C#N)ncn1. The molecule has 0 N–H and O–H groups in total. The van der Waals surface area contributed by atoms with Crippen molar-refractivity contribution in [3.8, 4) is 11.9 Å². The molecular weight excluding hydrogens is 216 g/mol. The first-order valence-electron chi connectivity index (χ1n) is 5.80. The molecule has 1 heterocycles. The van der Waals surface area contributed by atoms with Crippen molar-refractivity contribution in [2.75, 3.05) is 24.6 Å². The second-order valence-corrected chi connectivity index (χ2v) is 3.72. The lowest BCUT2D eigenvalue weighted by Gasteiger charge is -2.22. The molecule has 0 amide bonds. The minimum absolute atomic E-state index is 0.0274. The summed E-state index contributed by atoms with van der Waals surface area (Å²) in [6.07, 6.45) is 1.49. The Labute approximate surface area is 102 Å². The highest BCUT2D eigenvalue weighted by Crippen LogP contribution is 2.16. The molecule has 1 rings (SSSR count). The molecule has 1 aromatic heterocycles. The van der Waals surface area contributed by atoms with E-state index in [1.807, 2.05) is 25.7 Å². The van der Waals surface area contributed by atoms with E-state index < -0.39 is 0 Å². The molecule has 0 spiro atoms. The molecule has 0 bridgehead atoms. The molecule has 92 valence electrons. The van der Waals surface area contributed by atoms with E-state index in [9.17, 15) is 0 Å². The summed E-state index contributed by atoms with van der Waals surface area (Å²) in [6.45, 7) is 7.89. The van der Waals surface area contributed by atoms with Gasteiger partial charge in [-0.2, -0.15) is 5.26 Å². The lowest BCUT2D eigenvalue weighted by atomic mass is 10.2. The number of ether oxygens (including phenoxy) is 1. The number of nitrogens with zero attached hydrogens (tertiary/aromatic N) is 4. The van der Waals surface area contributed by atoms with Crippen molar-refractivity contribution in [2.24, 2.45) is 5.92 Å². The molecule has 1 aromatic rings. The summed E-state index contributed by atoms with van der Waals surface area (Å²) in [5, 5.41) is 8.83. The lowest BCUT2D eigenvalue weighted by Crippen LogP contribution is -2.28. The first kappa shape index (κ1) is 13.2. The van der Waals surface area contributed by atoms with Gasteiger partial charge in [0.05, 0.1) is 18.6 Å². The van der Waals surface area contributed by atoms with Crippen LogP contribution in [0.4, 0.5) is 5.82 Å². The third-order valence-electron chi connectivity index (χ3n) is 2.34. The largest absolute Gasteiger partial charge is 0.478 e. The number of aromatic nitrogens is 2. The summed E-state index contributed by atoms with van der Waals surface area (Å²) in [5.41, 5.74) is 0. The zero-order chi connectivity index (χ0) is 12.7. The van der Waals surface area contributed by atoms with Crippen LogP contribution in [-0.4, -0.2) is 29.7 Å². The van der Waals surface area contributed by atoms with Crippen LogP contribution < -0.4 is 9.64 Å². The van der Waals surface area contributed by atoms with Crippen LogP contribution in [0.15, 0.2) is 12.4 Å². The summed E-state index contributed by atoms with van der Waals surface area (Å²) >= 11 is 0. The molecule has 1 unspecified atom stereocenters. The van der Waals surface area contributed by atoms with Crippen LogP contribution in [0.25, 0.3) is 0 Å². The van der Waals surface area contributed by atoms with Crippen molar-refractivity contribution >= 4 is 5.82 Å². The number of rotatable bonds is 6. The van der Waals surface area contributed by atoms with Gasteiger partial charge in [-0.25, -0.2) is 9.97 Å². The third-order valence-corrected chi connectivity index (χ3v) is 2.34. The zero-order valence-electron chi connectivity index (χ0n) is 10.6. The van der Waals surface area contributed by atoms with Gasteiger partial charge >= 0.3 is 0 Å². The number of anilines is 1. The summed E-state index contributed by atoms with van der Waals surface area (Å²) in [7, 11) is 0. The van der Waals surface area contributed by atoms with E-state index >= 15 is 0 Å². The molecule has 0 radical (unpaired) electrons. The van der Waals surface area contributed by atoms with Crippen molar-refractivity contribution in [3.05, 3.63) is 12.4 Å². The number of hydrogen-bond donors (Lipinski definition) is 0. The second kappa shape index (κ2) is 6.69. The summed E-state index contributed by atoms with van der Waals surface area (Å²) in [5.74, 6) is 1.34. The van der Waals surface area contributed by atoms with E-state index in [0.717, 1.165) is 12.4 Å². The van der Waals surface area contributed by atoms with Gasteiger partial charge in [0.25, 0.3) is 0 Å². The molecule has 0 saturated heterocycles. The van der Waals surface area contributed by atoms with Crippen LogP contribution >= 0.6 is 0 Å².